The lowest BCUT2D eigenvalue weighted by atomic mass is 9.99. The lowest BCUT2D eigenvalue weighted by Crippen LogP contribution is -2.42. The lowest BCUT2D eigenvalue weighted by molar-refractivity contribution is 0.249. The molecular formula is C30H31N7. The number of imidazole rings is 1. The van der Waals surface area contributed by atoms with Crippen LogP contribution in [-0.4, -0.2) is 59.2 Å². The fourth-order valence-electron chi connectivity index (χ4n) is 5.13. The van der Waals surface area contributed by atoms with E-state index in [1.807, 2.05) is 61.9 Å². The average molecular weight is 490 g/mol. The molecule has 0 spiro atoms. The van der Waals surface area contributed by atoms with Gasteiger partial charge in [0.25, 0.3) is 0 Å². The molecule has 1 aliphatic rings. The highest BCUT2D eigenvalue weighted by atomic mass is 15.2. The molecule has 3 heterocycles. The van der Waals surface area contributed by atoms with Crippen LogP contribution in [0.1, 0.15) is 30.9 Å². The molecule has 0 N–H and O–H groups in total. The molecule has 0 unspecified atom stereocenters. The van der Waals surface area contributed by atoms with Gasteiger partial charge >= 0.3 is 0 Å². The summed E-state index contributed by atoms with van der Waals surface area (Å²) < 4.78 is 2.14. The van der Waals surface area contributed by atoms with Crippen LogP contribution >= 0.6 is 0 Å². The summed E-state index contributed by atoms with van der Waals surface area (Å²) in [7, 11) is 4.31. The number of hydrogen-bond acceptors (Lipinski definition) is 6. The number of aromatic nitrogens is 3. The van der Waals surface area contributed by atoms with Crippen molar-refractivity contribution >= 4 is 29.8 Å². The van der Waals surface area contributed by atoms with E-state index in [2.05, 4.69) is 63.2 Å². The molecule has 5 rings (SSSR count). The van der Waals surface area contributed by atoms with Gasteiger partial charge in [-0.05, 0) is 64.8 Å². The van der Waals surface area contributed by atoms with Crippen molar-refractivity contribution in [2.45, 2.75) is 25.8 Å². The van der Waals surface area contributed by atoms with Crippen molar-refractivity contribution in [2.75, 3.05) is 32.1 Å². The third-order valence-electron chi connectivity index (χ3n) is 7.15. The van der Waals surface area contributed by atoms with Gasteiger partial charge in [0.05, 0.1) is 41.2 Å². The van der Waals surface area contributed by atoms with Crippen LogP contribution < -0.4 is 4.90 Å². The van der Waals surface area contributed by atoms with Gasteiger partial charge in [0.15, 0.2) is 5.82 Å². The topological polar surface area (TPSA) is 72.8 Å². The molecule has 0 saturated carbocycles. The summed E-state index contributed by atoms with van der Waals surface area (Å²) in [5, 5.41) is 9.34. The van der Waals surface area contributed by atoms with E-state index in [0.29, 0.717) is 11.6 Å². The average Bonchev–Trinajstić information content (AvgIpc) is 3.42. The van der Waals surface area contributed by atoms with Gasteiger partial charge in [-0.2, -0.15) is 5.26 Å². The van der Waals surface area contributed by atoms with E-state index < -0.39 is 0 Å². The smallest absolute Gasteiger partial charge is 0.155 e. The maximum absolute atomic E-state index is 9.34. The highest BCUT2D eigenvalue weighted by Crippen LogP contribution is 2.38. The van der Waals surface area contributed by atoms with Crippen LogP contribution in [0.4, 0.5) is 11.5 Å². The fourth-order valence-corrected chi connectivity index (χ4v) is 5.13. The standard InChI is InChI=1S/C30H31N7/c1-5-6-23-17-24(11-12-26(23)32-2)29-28(22-9-7-21(18-31)8-10-22)34-30(27-19-33-20-37(27)29)36-15-13-25(14-16-36)35(3)4/h5-12,17,19-20,25H,2,13-16H2,1,3-4H3/b6-5-. The number of piperidine rings is 1. The monoisotopic (exact) mass is 489 g/mol. The summed E-state index contributed by atoms with van der Waals surface area (Å²) in [5.74, 6) is 0.941. The fraction of sp³-hybridized carbons (Fsp3) is 0.267. The van der Waals surface area contributed by atoms with Gasteiger partial charge in [-0.15, -0.1) is 0 Å². The maximum Gasteiger partial charge on any atom is 0.155 e. The number of nitriles is 1. The minimum absolute atomic E-state index is 0.580. The molecule has 0 radical (unpaired) electrons. The van der Waals surface area contributed by atoms with Crippen molar-refractivity contribution in [3.05, 3.63) is 72.2 Å². The van der Waals surface area contributed by atoms with Crippen LogP contribution in [-0.2, 0) is 0 Å². The Morgan fingerprint density at radius 3 is 2.49 bits per heavy atom. The number of aliphatic imine (C=N–C) groups is 1. The van der Waals surface area contributed by atoms with Crippen molar-refractivity contribution < 1.29 is 0 Å². The normalized spacial score (nSPS) is 14.5. The van der Waals surface area contributed by atoms with Crippen LogP contribution in [0.3, 0.4) is 0 Å². The number of anilines is 1. The summed E-state index contributed by atoms with van der Waals surface area (Å²) in [6.07, 6.45) is 9.98. The Balaban J connectivity index is 1.72. The number of nitrogens with zero attached hydrogens (tertiary/aromatic N) is 7. The lowest BCUT2D eigenvalue weighted by Gasteiger charge is -2.36. The first kappa shape index (κ1) is 24.4. The quantitative estimate of drug-likeness (QED) is 0.319. The van der Waals surface area contributed by atoms with Gasteiger partial charge in [-0.25, -0.2) is 9.97 Å². The second-order valence-electron chi connectivity index (χ2n) is 9.58. The second kappa shape index (κ2) is 10.4. The largest absolute Gasteiger partial charge is 0.355 e. The number of fused-ring (bicyclic) bond motifs is 1. The molecule has 0 aliphatic carbocycles. The number of hydrogen-bond donors (Lipinski definition) is 0. The van der Waals surface area contributed by atoms with Crippen molar-refractivity contribution in [1.82, 2.24) is 19.3 Å². The molecule has 186 valence electrons. The minimum atomic E-state index is 0.580. The molecular weight excluding hydrogens is 458 g/mol. The second-order valence-corrected chi connectivity index (χ2v) is 9.58. The first-order valence-corrected chi connectivity index (χ1v) is 12.6. The molecule has 0 atom stereocenters. The Labute approximate surface area is 218 Å². The van der Waals surface area contributed by atoms with Crippen molar-refractivity contribution in [1.29, 1.82) is 5.26 Å². The van der Waals surface area contributed by atoms with Crippen LogP contribution in [0.25, 0.3) is 34.1 Å². The molecule has 37 heavy (non-hydrogen) atoms. The zero-order chi connectivity index (χ0) is 25.9. The van der Waals surface area contributed by atoms with Crippen molar-refractivity contribution in [3.8, 4) is 28.6 Å². The molecule has 1 saturated heterocycles. The van der Waals surface area contributed by atoms with Crippen LogP contribution in [0.5, 0.6) is 0 Å². The zero-order valence-electron chi connectivity index (χ0n) is 21.6. The third-order valence-corrected chi connectivity index (χ3v) is 7.15. The molecule has 0 bridgehead atoms. The van der Waals surface area contributed by atoms with Gasteiger partial charge in [0, 0.05) is 35.8 Å². The van der Waals surface area contributed by atoms with E-state index in [1.165, 1.54) is 0 Å². The zero-order valence-corrected chi connectivity index (χ0v) is 21.6. The van der Waals surface area contributed by atoms with E-state index in [4.69, 9.17) is 4.98 Å². The molecule has 7 nitrogen and oxygen atoms in total. The van der Waals surface area contributed by atoms with Crippen LogP contribution in [0.15, 0.2) is 66.1 Å². The van der Waals surface area contributed by atoms with Crippen molar-refractivity contribution in [3.63, 3.8) is 0 Å². The van der Waals surface area contributed by atoms with E-state index in [0.717, 1.165) is 71.0 Å². The highest BCUT2D eigenvalue weighted by Gasteiger charge is 2.26. The number of allylic oxidation sites excluding steroid dienone is 1. The maximum atomic E-state index is 9.34. The van der Waals surface area contributed by atoms with E-state index >= 15 is 0 Å². The number of rotatable bonds is 6. The minimum Gasteiger partial charge on any atom is -0.355 e. The Hall–Kier alpha value is -4.28. The van der Waals surface area contributed by atoms with Gasteiger partial charge in [0.1, 0.15) is 5.52 Å². The molecule has 2 aromatic heterocycles. The van der Waals surface area contributed by atoms with Gasteiger partial charge in [-0.3, -0.25) is 9.39 Å². The molecule has 2 aromatic carbocycles. The molecule has 0 amide bonds. The SMILES string of the molecule is C=Nc1ccc(-c2c(-c3ccc(C#N)cc3)nc(N3CCC(N(C)C)CC3)c3cncn23)cc1/C=C\C. The van der Waals surface area contributed by atoms with Gasteiger partial charge < -0.3 is 9.80 Å². The van der Waals surface area contributed by atoms with Crippen LogP contribution in [0, 0.1) is 11.3 Å². The third kappa shape index (κ3) is 4.64. The summed E-state index contributed by atoms with van der Waals surface area (Å²) in [6.45, 7) is 7.60. The predicted octanol–water partition coefficient (Wildman–Crippen LogP) is 5.83. The highest BCUT2D eigenvalue weighted by molar-refractivity contribution is 5.86. The molecule has 4 aromatic rings. The summed E-state index contributed by atoms with van der Waals surface area (Å²) in [6, 6.07) is 16.6. The Morgan fingerprint density at radius 1 is 1.11 bits per heavy atom. The molecule has 1 aliphatic heterocycles. The van der Waals surface area contributed by atoms with E-state index in [9.17, 15) is 5.26 Å². The first-order valence-electron chi connectivity index (χ1n) is 12.6. The Bertz CT molecular complexity index is 1500. The van der Waals surface area contributed by atoms with Gasteiger partial charge in [-0.1, -0.05) is 30.4 Å². The van der Waals surface area contributed by atoms with Gasteiger partial charge in [0.2, 0.25) is 0 Å². The molecule has 7 heteroatoms. The summed E-state index contributed by atoms with van der Waals surface area (Å²) in [5.41, 5.74) is 7.18. The molecule has 1 fully saturated rings. The number of benzene rings is 2. The summed E-state index contributed by atoms with van der Waals surface area (Å²) in [4.78, 5) is 18.7. The Morgan fingerprint density at radius 2 is 1.84 bits per heavy atom. The predicted molar refractivity (Wildman–Crippen MR) is 151 cm³/mol. The van der Waals surface area contributed by atoms with E-state index in [-0.39, 0.29) is 0 Å². The van der Waals surface area contributed by atoms with Crippen molar-refractivity contribution in [2.24, 2.45) is 4.99 Å². The first-order chi connectivity index (χ1) is 18.0. The van der Waals surface area contributed by atoms with Crippen LogP contribution in [0.2, 0.25) is 0 Å². The Kier molecular flexibility index (Phi) is 6.85. The summed E-state index contributed by atoms with van der Waals surface area (Å²) >= 11 is 0. The van der Waals surface area contributed by atoms with E-state index in [1.54, 1.807) is 0 Å².